The highest BCUT2D eigenvalue weighted by Crippen LogP contribution is 2.24. The fourth-order valence-electron chi connectivity index (χ4n) is 5.35. The minimum Gasteiger partial charge on any atom is -0.497 e. The topological polar surface area (TPSA) is 47.4 Å². The summed E-state index contributed by atoms with van der Waals surface area (Å²) in [6.07, 6.45) is 5.83. The molecule has 5 nitrogen and oxygen atoms in total. The molecule has 0 spiro atoms. The molecule has 4 aromatic rings. The summed E-state index contributed by atoms with van der Waals surface area (Å²) in [5, 5.41) is 7.38. The second kappa shape index (κ2) is 13.3. The first-order valence-corrected chi connectivity index (χ1v) is 13.6. The van der Waals surface area contributed by atoms with Crippen LogP contribution in [0.4, 0.5) is 0 Å². The normalized spacial score (nSPS) is 16.1. The third kappa shape index (κ3) is 6.76. The molecular weight excluding hydrogens is 517 g/mol. The number of nitrogens with zero attached hydrogens (tertiary/aromatic N) is 3. The average Bonchev–Trinajstić information content (AvgIpc) is 3.17. The Morgan fingerprint density at radius 3 is 2.37 bits per heavy atom. The molecule has 1 unspecified atom stereocenters. The van der Waals surface area contributed by atoms with Crippen molar-refractivity contribution in [3.05, 3.63) is 105 Å². The number of methoxy groups -OCH3 is 1. The zero-order valence-electron chi connectivity index (χ0n) is 21.8. The molecule has 1 saturated heterocycles. The van der Waals surface area contributed by atoms with Gasteiger partial charge < -0.3 is 9.64 Å². The highest BCUT2D eigenvalue weighted by Gasteiger charge is 2.22. The molecule has 1 aliphatic heterocycles. The van der Waals surface area contributed by atoms with E-state index in [2.05, 4.69) is 17.0 Å². The molecule has 5 rings (SSSR count). The summed E-state index contributed by atoms with van der Waals surface area (Å²) in [5.41, 5.74) is 3.44. The van der Waals surface area contributed by atoms with E-state index in [1.54, 1.807) is 11.8 Å². The second-order valence-electron chi connectivity index (χ2n) is 9.92. The Bertz CT molecular complexity index is 1390. The van der Waals surface area contributed by atoms with Crippen LogP contribution < -0.4 is 10.3 Å². The first-order valence-electron chi connectivity index (χ1n) is 13.2. The molecule has 7 heteroatoms. The molecule has 1 atom stereocenters. The molecule has 1 fully saturated rings. The highest BCUT2D eigenvalue weighted by atomic mass is 35.5. The van der Waals surface area contributed by atoms with Crippen LogP contribution in [0.15, 0.2) is 77.6 Å². The van der Waals surface area contributed by atoms with Gasteiger partial charge in [-0.1, -0.05) is 54.1 Å². The number of hydrogen-bond acceptors (Lipinski definition) is 4. The van der Waals surface area contributed by atoms with E-state index < -0.39 is 0 Å². The first-order chi connectivity index (χ1) is 18.1. The van der Waals surface area contributed by atoms with Gasteiger partial charge in [-0.25, -0.2) is 4.68 Å². The lowest BCUT2D eigenvalue weighted by atomic mass is 10.0. The van der Waals surface area contributed by atoms with E-state index in [0.29, 0.717) is 6.42 Å². The number of benzene rings is 3. The van der Waals surface area contributed by atoms with Crippen molar-refractivity contribution in [3.63, 3.8) is 0 Å². The maximum Gasteiger partial charge on any atom is 0.274 e. The van der Waals surface area contributed by atoms with Gasteiger partial charge in [-0.15, -0.1) is 12.4 Å². The van der Waals surface area contributed by atoms with Gasteiger partial charge in [0.15, 0.2) is 0 Å². The van der Waals surface area contributed by atoms with E-state index in [-0.39, 0.29) is 24.0 Å². The first kappa shape index (κ1) is 28.2. The van der Waals surface area contributed by atoms with Crippen LogP contribution in [0.2, 0.25) is 5.02 Å². The van der Waals surface area contributed by atoms with Crippen molar-refractivity contribution in [1.82, 2.24) is 14.7 Å². The van der Waals surface area contributed by atoms with Crippen molar-refractivity contribution in [1.29, 1.82) is 0 Å². The molecule has 1 aromatic heterocycles. The number of ether oxygens (including phenoxy) is 1. The maximum atomic E-state index is 13.5. The van der Waals surface area contributed by atoms with Gasteiger partial charge >= 0.3 is 0 Å². The summed E-state index contributed by atoms with van der Waals surface area (Å²) in [5.74, 6) is 0.899. The Hall–Kier alpha value is -2.86. The van der Waals surface area contributed by atoms with Crippen molar-refractivity contribution in [3.8, 4) is 5.75 Å². The van der Waals surface area contributed by atoms with Crippen LogP contribution in [-0.4, -0.2) is 41.4 Å². The van der Waals surface area contributed by atoms with Crippen molar-refractivity contribution in [2.24, 2.45) is 0 Å². The minimum absolute atomic E-state index is 0. The lowest BCUT2D eigenvalue weighted by molar-refractivity contribution is 0.275. The molecule has 200 valence electrons. The molecule has 1 aliphatic rings. The van der Waals surface area contributed by atoms with Crippen LogP contribution in [0.3, 0.4) is 0 Å². The van der Waals surface area contributed by atoms with Gasteiger partial charge in [0.25, 0.3) is 5.56 Å². The van der Waals surface area contributed by atoms with Crippen LogP contribution in [0.1, 0.15) is 48.5 Å². The van der Waals surface area contributed by atoms with Crippen molar-refractivity contribution >= 4 is 34.8 Å². The van der Waals surface area contributed by atoms with E-state index in [0.717, 1.165) is 84.5 Å². The third-order valence-corrected chi connectivity index (χ3v) is 7.68. The monoisotopic (exact) mass is 551 g/mol. The van der Waals surface area contributed by atoms with Crippen molar-refractivity contribution in [2.45, 2.75) is 44.6 Å². The molecule has 0 saturated carbocycles. The van der Waals surface area contributed by atoms with Gasteiger partial charge in [0, 0.05) is 23.4 Å². The van der Waals surface area contributed by atoms with Gasteiger partial charge in [-0.3, -0.25) is 4.79 Å². The SMILES string of the molecule is COc1ccc(CCCN2CCCC(n3nc(Cc4ccc(Cl)cc4)c4ccccc4c3=O)CC2)cc1.Cl. The molecule has 0 aliphatic carbocycles. The maximum absolute atomic E-state index is 13.5. The molecule has 38 heavy (non-hydrogen) atoms. The largest absolute Gasteiger partial charge is 0.497 e. The van der Waals surface area contributed by atoms with Gasteiger partial charge in [0.1, 0.15) is 5.75 Å². The standard InChI is InChI=1S/C31H34ClN3O2.ClH/c1-37-27-16-12-23(13-17-27)6-4-19-34-20-5-7-26(18-21-34)35-31(36)29-9-3-2-8-28(29)30(33-35)22-24-10-14-25(32)15-11-24;/h2-3,8-17,26H,4-7,18-22H2,1H3;1H. The molecule has 0 bridgehead atoms. The van der Waals surface area contributed by atoms with Gasteiger partial charge in [-0.2, -0.15) is 5.10 Å². The van der Waals surface area contributed by atoms with E-state index in [1.165, 1.54) is 5.56 Å². The Morgan fingerprint density at radius 2 is 1.63 bits per heavy atom. The lowest BCUT2D eigenvalue weighted by Gasteiger charge is -2.21. The molecule has 2 heterocycles. The summed E-state index contributed by atoms with van der Waals surface area (Å²) in [4.78, 5) is 16.1. The number of fused-ring (bicyclic) bond motifs is 1. The van der Waals surface area contributed by atoms with Crippen LogP contribution in [0.25, 0.3) is 10.8 Å². The van der Waals surface area contributed by atoms with Gasteiger partial charge in [0.05, 0.1) is 24.2 Å². The Morgan fingerprint density at radius 1 is 0.921 bits per heavy atom. The van der Waals surface area contributed by atoms with Crippen LogP contribution >= 0.6 is 24.0 Å². The van der Waals surface area contributed by atoms with E-state index in [4.69, 9.17) is 21.4 Å². The smallest absolute Gasteiger partial charge is 0.274 e. The average molecular weight is 553 g/mol. The quantitative estimate of drug-likeness (QED) is 0.243. The molecule has 0 N–H and O–H groups in total. The predicted molar refractivity (Wildman–Crippen MR) is 158 cm³/mol. The summed E-state index contributed by atoms with van der Waals surface area (Å²) < 4.78 is 7.05. The fraction of sp³-hybridized carbons (Fsp3) is 0.355. The van der Waals surface area contributed by atoms with Crippen LogP contribution in [0, 0.1) is 0 Å². The zero-order valence-corrected chi connectivity index (χ0v) is 23.4. The van der Waals surface area contributed by atoms with Crippen LogP contribution in [-0.2, 0) is 12.8 Å². The molecule has 0 radical (unpaired) electrons. The number of hydrogen-bond donors (Lipinski definition) is 0. The third-order valence-electron chi connectivity index (χ3n) is 7.42. The van der Waals surface area contributed by atoms with E-state index in [9.17, 15) is 4.79 Å². The Balaban J connectivity index is 0.00000336. The second-order valence-corrected chi connectivity index (χ2v) is 10.4. The minimum atomic E-state index is 0. The highest BCUT2D eigenvalue weighted by molar-refractivity contribution is 6.30. The lowest BCUT2D eigenvalue weighted by Crippen LogP contribution is -2.30. The van der Waals surface area contributed by atoms with Gasteiger partial charge in [0.2, 0.25) is 0 Å². The number of aromatic nitrogens is 2. The number of aryl methyl sites for hydroxylation is 1. The molecule has 0 amide bonds. The summed E-state index contributed by atoms with van der Waals surface area (Å²) >= 11 is 6.09. The number of rotatable bonds is 8. The Kier molecular flexibility index (Phi) is 9.84. The fourth-order valence-corrected chi connectivity index (χ4v) is 5.48. The summed E-state index contributed by atoms with van der Waals surface area (Å²) in [7, 11) is 1.70. The van der Waals surface area contributed by atoms with Gasteiger partial charge in [-0.05, 0) is 86.7 Å². The zero-order chi connectivity index (χ0) is 25.6. The molecular formula is C31H35Cl2N3O2. The summed E-state index contributed by atoms with van der Waals surface area (Å²) in [6.45, 7) is 3.13. The van der Waals surface area contributed by atoms with Crippen molar-refractivity contribution in [2.75, 3.05) is 26.7 Å². The number of likely N-dealkylation sites (tertiary alicyclic amines) is 1. The van der Waals surface area contributed by atoms with Crippen molar-refractivity contribution < 1.29 is 4.74 Å². The molecule has 3 aromatic carbocycles. The predicted octanol–water partition coefficient (Wildman–Crippen LogP) is 6.73. The number of halogens is 2. The summed E-state index contributed by atoms with van der Waals surface area (Å²) in [6, 6.07) is 24.2. The van der Waals surface area contributed by atoms with E-state index in [1.807, 2.05) is 60.7 Å². The van der Waals surface area contributed by atoms with E-state index >= 15 is 0 Å². The van der Waals surface area contributed by atoms with Crippen LogP contribution in [0.5, 0.6) is 5.75 Å². The Labute approximate surface area is 235 Å².